The zero-order valence-electron chi connectivity index (χ0n) is 13.1. The number of hydrogen-bond acceptors (Lipinski definition) is 5. The standard InChI is InChI=1S/C17H18N2O3S/c1-3-22-16(21)13-5-4-12(8-11(13)2)17(6-7-17)19-15(20)14-9-23-10-18-14/h4-5,8-10H,3,6-7H2,1-2H3,(H,19,20). The molecule has 1 amide bonds. The zero-order valence-corrected chi connectivity index (χ0v) is 13.9. The van der Waals surface area contributed by atoms with Gasteiger partial charge in [0.05, 0.1) is 23.2 Å². The topological polar surface area (TPSA) is 68.3 Å². The van der Waals surface area contributed by atoms with Crippen LogP contribution in [-0.4, -0.2) is 23.5 Å². The maximum absolute atomic E-state index is 12.2. The molecule has 3 rings (SSSR count). The normalized spacial score (nSPS) is 15.0. The summed E-state index contributed by atoms with van der Waals surface area (Å²) in [5.74, 6) is -0.469. The van der Waals surface area contributed by atoms with E-state index in [0.29, 0.717) is 17.9 Å². The molecule has 1 aliphatic carbocycles. The Balaban J connectivity index is 1.80. The molecule has 1 heterocycles. The molecule has 23 heavy (non-hydrogen) atoms. The van der Waals surface area contributed by atoms with Crippen LogP contribution in [0.3, 0.4) is 0 Å². The predicted octanol–water partition coefficient (Wildman–Crippen LogP) is 3.05. The van der Waals surface area contributed by atoms with Crippen molar-refractivity contribution in [2.24, 2.45) is 0 Å². The number of benzene rings is 1. The number of aryl methyl sites for hydroxylation is 1. The second kappa shape index (κ2) is 6.12. The van der Waals surface area contributed by atoms with Crippen LogP contribution in [0.1, 0.15) is 51.7 Å². The Morgan fingerprint density at radius 2 is 2.17 bits per heavy atom. The van der Waals surface area contributed by atoms with Crippen molar-refractivity contribution in [2.75, 3.05) is 6.61 Å². The molecule has 0 saturated heterocycles. The molecule has 1 N–H and O–H groups in total. The first-order valence-electron chi connectivity index (χ1n) is 7.55. The van der Waals surface area contributed by atoms with Crippen molar-refractivity contribution in [3.63, 3.8) is 0 Å². The number of carbonyl (C=O) groups is 2. The van der Waals surface area contributed by atoms with Gasteiger partial charge in [0.25, 0.3) is 5.91 Å². The molecule has 2 aromatic rings. The minimum Gasteiger partial charge on any atom is -0.462 e. The van der Waals surface area contributed by atoms with Crippen molar-refractivity contribution in [3.8, 4) is 0 Å². The fourth-order valence-corrected chi connectivity index (χ4v) is 3.15. The number of amides is 1. The van der Waals surface area contributed by atoms with Gasteiger partial charge in [0.15, 0.2) is 0 Å². The van der Waals surface area contributed by atoms with Gasteiger partial charge in [-0.05, 0) is 43.9 Å². The molecule has 0 radical (unpaired) electrons. The molecular weight excluding hydrogens is 312 g/mol. The zero-order chi connectivity index (χ0) is 16.4. The van der Waals surface area contributed by atoms with Crippen molar-refractivity contribution in [3.05, 3.63) is 51.5 Å². The minimum absolute atomic E-state index is 0.157. The van der Waals surface area contributed by atoms with Crippen LogP contribution in [-0.2, 0) is 10.3 Å². The Labute approximate surface area is 138 Å². The molecule has 1 aliphatic rings. The van der Waals surface area contributed by atoms with Crippen LogP contribution in [0.2, 0.25) is 0 Å². The van der Waals surface area contributed by atoms with E-state index >= 15 is 0 Å². The Hall–Kier alpha value is -2.21. The first-order chi connectivity index (χ1) is 11.1. The summed E-state index contributed by atoms with van der Waals surface area (Å²) >= 11 is 1.40. The van der Waals surface area contributed by atoms with E-state index in [2.05, 4.69) is 10.3 Å². The second-order valence-electron chi connectivity index (χ2n) is 5.66. The van der Waals surface area contributed by atoms with Gasteiger partial charge in [0.2, 0.25) is 0 Å². The highest BCUT2D eigenvalue weighted by Gasteiger charge is 2.46. The van der Waals surface area contributed by atoms with Crippen LogP contribution in [0.25, 0.3) is 0 Å². The summed E-state index contributed by atoms with van der Waals surface area (Å²) in [6, 6.07) is 5.63. The van der Waals surface area contributed by atoms with Crippen LogP contribution in [0.15, 0.2) is 29.1 Å². The fraction of sp³-hybridized carbons (Fsp3) is 0.353. The highest BCUT2D eigenvalue weighted by molar-refractivity contribution is 7.07. The van der Waals surface area contributed by atoms with E-state index in [1.165, 1.54) is 11.3 Å². The lowest BCUT2D eigenvalue weighted by atomic mass is 9.98. The number of hydrogen-bond donors (Lipinski definition) is 1. The summed E-state index contributed by atoms with van der Waals surface area (Å²) in [5, 5.41) is 4.81. The molecule has 0 bridgehead atoms. The third-order valence-corrected chi connectivity index (χ3v) is 4.63. The number of rotatable bonds is 5. The monoisotopic (exact) mass is 330 g/mol. The molecule has 6 heteroatoms. The highest BCUT2D eigenvalue weighted by atomic mass is 32.1. The van der Waals surface area contributed by atoms with Crippen molar-refractivity contribution >= 4 is 23.2 Å². The van der Waals surface area contributed by atoms with E-state index in [1.807, 2.05) is 19.1 Å². The third kappa shape index (κ3) is 3.12. The molecule has 120 valence electrons. The van der Waals surface area contributed by atoms with Crippen LogP contribution in [0.5, 0.6) is 0 Å². The minimum atomic E-state index is -0.335. The van der Waals surface area contributed by atoms with E-state index in [0.717, 1.165) is 24.0 Å². The first-order valence-corrected chi connectivity index (χ1v) is 8.49. The summed E-state index contributed by atoms with van der Waals surface area (Å²) in [5.41, 5.74) is 4.20. The molecule has 0 aliphatic heterocycles. The molecule has 1 aromatic carbocycles. The van der Waals surface area contributed by atoms with E-state index in [1.54, 1.807) is 23.9 Å². The Bertz CT molecular complexity index is 736. The number of carbonyl (C=O) groups excluding carboxylic acids is 2. The predicted molar refractivity (Wildman–Crippen MR) is 87.6 cm³/mol. The van der Waals surface area contributed by atoms with Gasteiger partial charge in [-0.1, -0.05) is 12.1 Å². The van der Waals surface area contributed by atoms with Gasteiger partial charge in [-0.15, -0.1) is 11.3 Å². The van der Waals surface area contributed by atoms with Gasteiger partial charge in [0, 0.05) is 5.38 Å². The van der Waals surface area contributed by atoms with Crippen LogP contribution in [0.4, 0.5) is 0 Å². The highest BCUT2D eigenvalue weighted by Crippen LogP contribution is 2.46. The SMILES string of the molecule is CCOC(=O)c1ccc(C2(NC(=O)c3cscn3)CC2)cc1C. The van der Waals surface area contributed by atoms with Gasteiger partial charge in [-0.25, -0.2) is 9.78 Å². The lowest BCUT2D eigenvalue weighted by molar-refractivity contribution is 0.0525. The molecule has 0 atom stereocenters. The van der Waals surface area contributed by atoms with Crippen molar-refractivity contribution in [2.45, 2.75) is 32.2 Å². The summed E-state index contributed by atoms with van der Waals surface area (Å²) < 4.78 is 5.05. The Morgan fingerprint density at radius 3 is 2.74 bits per heavy atom. The van der Waals surface area contributed by atoms with Crippen LogP contribution < -0.4 is 5.32 Å². The number of esters is 1. The number of thiazole rings is 1. The maximum atomic E-state index is 12.2. The van der Waals surface area contributed by atoms with E-state index in [-0.39, 0.29) is 17.4 Å². The molecule has 0 unspecified atom stereocenters. The molecule has 1 fully saturated rings. The van der Waals surface area contributed by atoms with Gasteiger partial charge in [0.1, 0.15) is 5.69 Å². The molecule has 5 nitrogen and oxygen atoms in total. The summed E-state index contributed by atoms with van der Waals surface area (Å²) in [4.78, 5) is 28.2. The lowest BCUT2D eigenvalue weighted by Gasteiger charge is -2.19. The van der Waals surface area contributed by atoms with E-state index in [9.17, 15) is 9.59 Å². The number of ether oxygens (including phenoxy) is 1. The van der Waals surface area contributed by atoms with Crippen LogP contribution in [0, 0.1) is 6.92 Å². The molecule has 0 spiro atoms. The van der Waals surface area contributed by atoms with E-state index < -0.39 is 0 Å². The summed E-state index contributed by atoms with van der Waals surface area (Å²) in [6.45, 7) is 4.02. The summed E-state index contributed by atoms with van der Waals surface area (Å²) in [6.07, 6.45) is 1.78. The van der Waals surface area contributed by atoms with Gasteiger partial charge >= 0.3 is 5.97 Å². The number of nitrogens with zero attached hydrogens (tertiary/aromatic N) is 1. The fourth-order valence-electron chi connectivity index (χ4n) is 2.62. The first kappa shape index (κ1) is 15.7. The van der Waals surface area contributed by atoms with Gasteiger partial charge < -0.3 is 10.1 Å². The van der Waals surface area contributed by atoms with Crippen molar-refractivity contribution < 1.29 is 14.3 Å². The molecule has 1 saturated carbocycles. The molecule has 1 aromatic heterocycles. The lowest BCUT2D eigenvalue weighted by Crippen LogP contribution is -2.35. The Morgan fingerprint density at radius 1 is 1.39 bits per heavy atom. The van der Waals surface area contributed by atoms with Crippen molar-refractivity contribution in [1.82, 2.24) is 10.3 Å². The quantitative estimate of drug-likeness (QED) is 0.856. The Kier molecular flexibility index (Phi) is 4.17. The van der Waals surface area contributed by atoms with E-state index in [4.69, 9.17) is 4.74 Å². The van der Waals surface area contributed by atoms with Gasteiger partial charge in [-0.2, -0.15) is 0 Å². The second-order valence-corrected chi connectivity index (χ2v) is 6.38. The van der Waals surface area contributed by atoms with Crippen molar-refractivity contribution in [1.29, 1.82) is 0 Å². The average Bonchev–Trinajstić information content (AvgIpc) is 3.10. The van der Waals surface area contributed by atoms with Crippen LogP contribution >= 0.6 is 11.3 Å². The number of nitrogens with one attached hydrogen (secondary N) is 1. The smallest absolute Gasteiger partial charge is 0.338 e. The van der Waals surface area contributed by atoms with Gasteiger partial charge in [-0.3, -0.25) is 4.79 Å². The average molecular weight is 330 g/mol. The largest absolute Gasteiger partial charge is 0.462 e. The third-order valence-electron chi connectivity index (χ3n) is 4.04. The maximum Gasteiger partial charge on any atom is 0.338 e. The number of aromatic nitrogens is 1. The molecular formula is C17H18N2O3S. The summed E-state index contributed by atoms with van der Waals surface area (Å²) in [7, 11) is 0.